The van der Waals surface area contributed by atoms with E-state index in [2.05, 4.69) is 24.8 Å². The third kappa shape index (κ3) is 2.56. The number of aliphatic carboxylic acids is 1. The van der Waals surface area contributed by atoms with Crippen LogP contribution in [0.5, 0.6) is 0 Å². The van der Waals surface area contributed by atoms with Crippen LogP contribution < -0.4 is 10.2 Å². The molecule has 26 heavy (non-hydrogen) atoms. The number of hydrogen-bond donors (Lipinski definition) is 2. The Morgan fingerprint density at radius 1 is 1.27 bits per heavy atom. The van der Waals surface area contributed by atoms with Crippen LogP contribution in [0, 0.1) is 0 Å². The maximum absolute atomic E-state index is 11.5. The number of nitrogens with one attached hydrogen (secondary N) is 1. The van der Waals surface area contributed by atoms with E-state index in [0.717, 1.165) is 12.1 Å². The van der Waals surface area contributed by atoms with Gasteiger partial charge in [0.15, 0.2) is 5.82 Å². The smallest absolute Gasteiger partial charge is 0.326 e. The van der Waals surface area contributed by atoms with Gasteiger partial charge in [-0.25, -0.2) is 9.78 Å². The van der Waals surface area contributed by atoms with E-state index < -0.39 is 12.0 Å². The van der Waals surface area contributed by atoms with Gasteiger partial charge in [0, 0.05) is 25.0 Å². The van der Waals surface area contributed by atoms with Crippen molar-refractivity contribution < 1.29 is 9.90 Å². The number of hydrogen-bond acceptors (Lipinski definition) is 6. The second kappa shape index (κ2) is 5.72. The highest BCUT2D eigenvalue weighted by Crippen LogP contribution is 2.35. The minimum absolute atomic E-state index is 0.435. The van der Waals surface area contributed by atoms with Crippen molar-refractivity contribution in [1.82, 2.24) is 23.9 Å². The molecule has 1 saturated carbocycles. The van der Waals surface area contributed by atoms with Crippen molar-refractivity contribution >= 4 is 29.3 Å². The van der Waals surface area contributed by atoms with E-state index in [1.165, 1.54) is 12.8 Å². The molecule has 3 aromatic rings. The van der Waals surface area contributed by atoms with Crippen molar-refractivity contribution in [3.05, 3.63) is 30.9 Å². The third-order valence-electron chi connectivity index (χ3n) is 4.98. The largest absolute Gasteiger partial charge is 0.480 e. The molecule has 3 aromatic heterocycles. The first kappa shape index (κ1) is 15.2. The Labute approximate surface area is 149 Å². The monoisotopic (exact) mass is 353 g/mol. The van der Waals surface area contributed by atoms with Crippen molar-refractivity contribution in [2.75, 3.05) is 16.8 Å². The minimum Gasteiger partial charge on any atom is -0.480 e. The number of carboxylic acid groups (broad SMARTS) is 1. The van der Waals surface area contributed by atoms with Gasteiger partial charge in [-0.3, -0.25) is 4.40 Å². The zero-order valence-corrected chi connectivity index (χ0v) is 14.1. The summed E-state index contributed by atoms with van der Waals surface area (Å²) in [7, 11) is 0. The van der Waals surface area contributed by atoms with Crippen molar-refractivity contribution in [3.8, 4) is 0 Å². The minimum atomic E-state index is -0.834. The summed E-state index contributed by atoms with van der Waals surface area (Å²) >= 11 is 0. The molecule has 2 aliphatic rings. The Morgan fingerprint density at radius 2 is 2.15 bits per heavy atom. The third-order valence-corrected chi connectivity index (χ3v) is 4.98. The number of carbonyl (C=O) groups is 1. The van der Waals surface area contributed by atoms with Crippen molar-refractivity contribution in [2.45, 2.75) is 37.8 Å². The highest BCUT2D eigenvalue weighted by molar-refractivity contribution is 5.78. The Morgan fingerprint density at radius 3 is 2.96 bits per heavy atom. The van der Waals surface area contributed by atoms with E-state index >= 15 is 0 Å². The molecule has 1 aliphatic carbocycles. The number of nitrogens with zero attached hydrogens (tertiary/aromatic N) is 6. The van der Waals surface area contributed by atoms with E-state index in [4.69, 9.17) is 0 Å². The van der Waals surface area contributed by atoms with E-state index in [9.17, 15) is 9.90 Å². The number of aromatic nitrogens is 5. The van der Waals surface area contributed by atoms with Crippen LogP contribution in [0.1, 0.15) is 31.7 Å². The average Bonchev–Trinajstić information content (AvgIpc) is 3.06. The van der Waals surface area contributed by atoms with Crippen LogP contribution in [0.15, 0.2) is 30.9 Å². The Balaban J connectivity index is 1.51. The second-order valence-corrected chi connectivity index (χ2v) is 6.84. The standard InChI is InChI=1S/C17H19N7O2/c25-15(26)12-3-1-7-23(12)17-20-14-4-2-8-24(14)16(21-17)19-13-9-22(10-18-13)11-5-6-11/h2,4,8-12H,1,3,5-7H2,(H,25,26)(H,19,20,21)/t12-/m0/s1. The lowest BCUT2D eigenvalue weighted by Gasteiger charge is -2.22. The van der Waals surface area contributed by atoms with Gasteiger partial charge >= 0.3 is 5.97 Å². The van der Waals surface area contributed by atoms with Gasteiger partial charge < -0.3 is 19.9 Å². The van der Waals surface area contributed by atoms with Gasteiger partial charge in [-0.1, -0.05) is 0 Å². The maximum atomic E-state index is 11.5. The molecular formula is C17H19N7O2. The molecule has 0 radical (unpaired) electrons. The van der Waals surface area contributed by atoms with Gasteiger partial charge in [0.05, 0.1) is 6.33 Å². The summed E-state index contributed by atoms with van der Waals surface area (Å²) < 4.78 is 3.95. The predicted molar refractivity (Wildman–Crippen MR) is 94.8 cm³/mol. The van der Waals surface area contributed by atoms with Crippen LogP contribution in [0.2, 0.25) is 0 Å². The highest BCUT2D eigenvalue weighted by atomic mass is 16.4. The van der Waals surface area contributed by atoms with E-state index in [1.54, 1.807) is 4.90 Å². The van der Waals surface area contributed by atoms with E-state index in [0.29, 0.717) is 36.7 Å². The zero-order chi connectivity index (χ0) is 17.7. The quantitative estimate of drug-likeness (QED) is 0.724. The molecule has 0 amide bonds. The summed E-state index contributed by atoms with van der Waals surface area (Å²) in [5, 5.41) is 12.7. The molecule has 0 bridgehead atoms. The van der Waals surface area contributed by atoms with E-state index in [-0.39, 0.29) is 0 Å². The van der Waals surface area contributed by atoms with Gasteiger partial charge in [-0.2, -0.15) is 9.97 Å². The SMILES string of the molecule is O=C(O)[C@@H]1CCCN1c1nc(Nc2cn(C3CC3)cn2)n2cccc2n1. The van der Waals surface area contributed by atoms with Crippen LogP contribution in [0.3, 0.4) is 0 Å². The maximum Gasteiger partial charge on any atom is 0.326 e. The van der Waals surface area contributed by atoms with Crippen LogP contribution in [-0.4, -0.2) is 47.6 Å². The van der Waals surface area contributed by atoms with Crippen LogP contribution >= 0.6 is 0 Å². The molecule has 1 saturated heterocycles. The number of rotatable bonds is 5. The number of imidazole rings is 1. The average molecular weight is 353 g/mol. The van der Waals surface area contributed by atoms with Crippen molar-refractivity contribution in [1.29, 1.82) is 0 Å². The zero-order valence-electron chi connectivity index (χ0n) is 14.1. The molecular weight excluding hydrogens is 334 g/mol. The van der Waals surface area contributed by atoms with Crippen LogP contribution in [0.4, 0.5) is 17.7 Å². The lowest BCUT2D eigenvalue weighted by atomic mass is 10.2. The topological polar surface area (TPSA) is 101 Å². The van der Waals surface area contributed by atoms with E-state index in [1.807, 2.05) is 35.3 Å². The molecule has 4 heterocycles. The van der Waals surface area contributed by atoms with Gasteiger partial charge in [0.2, 0.25) is 11.9 Å². The van der Waals surface area contributed by atoms with Gasteiger partial charge in [0.1, 0.15) is 11.7 Å². The lowest BCUT2D eigenvalue weighted by Crippen LogP contribution is -2.37. The molecule has 2 fully saturated rings. The van der Waals surface area contributed by atoms with Crippen molar-refractivity contribution in [3.63, 3.8) is 0 Å². The molecule has 0 aromatic carbocycles. The fourth-order valence-corrected chi connectivity index (χ4v) is 3.49. The van der Waals surface area contributed by atoms with Gasteiger partial charge in [-0.05, 0) is 37.8 Å². The Kier molecular flexibility index (Phi) is 3.34. The fourth-order valence-electron chi connectivity index (χ4n) is 3.49. The molecule has 1 atom stereocenters. The molecule has 9 nitrogen and oxygen atoms in total. The predicted octanol–water partition coefficient (Wildman–Crippen LogP) is 2.06. The van der Waals surface area contributed by atoms with Crippen molar-refractivity contribution in [2.24, 2.45) is 0 Å². The Bertz CT molecular complexity index is 975. The molecule has 9 heteroatoms. The molecule has 134 valence electrons. The molecule has 0 unspecified atom stereocenters. The summed E-state index contributed by atoms with van der Waals surface area (Å²) in [6.45, 7) is 0.642. The highest BCUT2D eigenvalue weighted by Gasteiger charge is 2.33. The van der Waals surface area contributed by atoms with Crippen LogP contribution in [0.25, 0.3) is 5.65 Å². The molecule has 5 rings (SSSR count). The van der Waals surface area contributed by atoms with Gasteiger partial charge in [-0.15, -0.1) is 0 Å². The summed E-state index contributed by atoms with van der Waals surface area (Å²) in [5.74, 6) is 0.893. The first-order valence-electron chi connectivity index (χ1n) is 8.84. The Hall–Kier alpha value is -3.10. The molecule has 1 aliphatic heterocycles. The first-order valence-corrected chi connectivity index (χ1v) is 8.84. The van der Waals surface area contributed by atoms with Gasteiger partial charge in [0.25, 0.3) is 0 Å². The second-order valence-electron chi connectivity index (χ2n) is 6.84. The number of fused-ring (bicyclic) bond motifs is 1. The first-order chi connectivity index (χ1) is 12.7. The summed E-state index contributed by atoms with van der Waals surface area (Å²) in [5.41, 5.74) is 0.718. The summed E-state index contributed by atoms with van der Waals surface area (Å²) in [6, 6.07) is 3.76. The summed E-state index contributed by atoms with van der Waals surface area (Å²) in [4.78, 5) is 26.8. The number of carboxylic acids is 1. The fraction of sp³-hybridized carbons (Fsp3) is 0.412. The normalized spacial score (nSPS) is 20.0. The lowest BCUT2D eigenvalue weighted by molar-refractivity contribution is -0.138. The molecule has 0 spiro atoms. The molecule has 2 N–H and O–H groups in total. The van der Waals surface area contributed by atoms with Crippen LogP contribution in [-0.2, 0) is 4.79 Å². The number of anilines is 3. The summed E-state index contributed by atoms with van der Waals surface area (Å²) in [6.07, 6.45) is 9.50.